The first-order valence-corrected chi connectivity index (χ1v) is 4.90. The van der Waals surface area contributed by atoms with Crippen LogP contribution in [0.3, 0.4) is 0 Å². The van der Waals surface area contributed by atoms with Crippen molar-refractivity contribution >= 4 is 18.0 Å². The Bertz CT molecular complexity index is 420. The molecule has 0 heterocycles. The molecule has 0 fully saturated rings. The van der Waals surface area contributed by atoms with Gasteiger partial charge in [0.05, 0.1) is 12.2 Å². The van der Waals surface area contributed by atoms with E-state index in [-0.39, 0.29) is 10.6 Å². The van der Waals surface area contributed by atoms with Crippen molar-refractivity contribution in [1.82, 2.24) is 4.90 Å². The topological polar surface area (TPSA) is 40.6 Å². The van der Waals surface area contributed by atoms with Gasteiger partial charge in [0, 0.05) is 7.05 Å². The number of alkyl halides is 3. The number of urea groups is 1. The molecule has 4 nitrogen and oxygen atoms in total. The van der Waals surface area contributed by atoms with Gasteiger partial charge in [0.1, 0.15) is 0 Å². The Morgan fingerprint density at radius 3 is 2.28 bits per heavy atom. The Kier molecular flexibility index (Phi) is 4.30. The van der Waals surface area contributed by atoms with E-state index in [2.05, 4.69) is 0 Å². The zero-order chi connectivity index (χ0) is 13.8. The van der Waals surface area contributed by atoms with Crippen LogP contribution in [0.15, 0.2) is 30.3 Å². The van der Waals surface area contributed by atoms with Gasteiger partial charge >= 0.3 is 12.3 Å². The van der Waals surface area contributed by atoms with Crippen LogP contribution in [0.1, 0.15) is 0 Å². The van der Waals surface area contributed by atoms with Gasteiger partial charge in [-0.2, -0.15) is 0 Å². The minimum atomic E-state index is -4.87. The van der Waals surface area contributed by atoms with Gasteiger partial charge in [-0.3, -0.25) is 4.79 Å². The van der Waals surface area contributed by atoms with Crippen LogP contribution in [0.25, 0.3) is 0 Å². The number of hydrogen-bond donors (Lipinski definition) is 0. The fourth-order valence-corrected chi connectivity index (χ4v) is 1.28. The molecule has 1 aromatic carbocycles. The molecule has 0 saturated carbocycles. The number of benzene rings is 1. The zero-order valence-electron chi connectivity index (χ0n) is 9.44. The van der Waals surface area contributed by atoms with Crippen LogP contribution in [-0.4, -0.2) is 37.1 Å². The summed E-state index contributed by atoms with van der Waals surface area (Å²) in [7, 11) is 1.09. The highest BCUT2D eigenvalue weighted by molar-refractivity contribution is 5.93. The second-order valence-electron chi connectivity index (χ2n) is 3.42. The van der Waals surface area contributed by atoms with E-state index in [4.69, 9.17) is 0 Å². The number of amides is 2. The van der Waals surface area contributed by atoms with E-state index in [9.17, 15) is 22.8 Å². The van der Waals surface area contributed by atoms with E-state index in [0.717, 1.165) is 19.2 Å². The molecule has 0 aromatic heterocycles. The molecule has 1 radical (unpaired) electrons. The molecule has 1 rings (SSSR count). The van der Waals surface area contributed by atoms with E-state index < -0.39 is 18.9 Å². The highest BCUT2D eigenvalue weighted by atomic mass is 19.4. The van der Waals surface area contributed by atoms with E-state index in [1.54, 1.807) is 0 Å². The maximum Gasteiger partial charge on any atom is 0.493 e. The van der Waals surface area contributed by atoms with E-state index in [1.165, 1.54) is 24.5 Å². The molecular weight excluding hydrogens is 249 g/mol. The molecule has 0 unspecified atom stereocenters. The van der Waals surface area contributed by atoms with Gasteiger partial charge in [0.2, 0.25) is 6.29 Å². The number of rotatable bonds is 3. The maximum atomic E-state index is 12.8. The van der Waals surface area contributed by atoms with Gasteiger partial charge in [-0.05, 0) is 12.1 Å². The van der Waals surface area contributed by atoms with E-state index in [1.807, 2.05) is 0 Å². The third-order valence-corrected chi connectivity index (χ3v) is 2.09. The average molecular weight is 259 g/mol. The Balaban J connectivity index is 3.08. The fraction of sp³-hybridized carbons (Fsp3) is 0.273. The van der Waals surface area contributed by atoms with Crippen molar-refractivity contribution in [3.63, 3.8) is 0 Å². The monoisotopic (exact) mass is 259 g/mol. The first kappa shape index (κ1) is 14.0. The molecule has 0 atom stereocenters. The number of hydrogen-bond acceptors (Lipinski definition) is 2. The molecule has 1 aromatic rings. The van der Waals surface area contributed by atoms with Crippen LogP contribution in [-0.2, 0) is 4.79 Å². The van der Waals surface area contributed by atoms with Crippen LogP contribution >= 0.6 is 0 Å². The molecule has 18 heavy (non-hydrogen) atoms. The lowest BCUT2D eigenvalue weighted by atomic mass is 10.3. The summed E-state index contributed by atoms with van der Waals surface area (Å²) in [6, 6.07) is 5.27. The van der Waals surface area contributed by atoms with Crippen molar-refractivity contribution in [1.29, 1.82) is 0 Å². The summed E-state index contributed by atoms with van der Waals surface area (Å²) in [5.41, 5.74) is -0.312. The summed E-state index contributed by atoms with van der Waals surface area (Å²) in [4.78, 5) is 22.0. The minimum Gasteiger partial charge on any atom is -0.319 e. The first-order valence-electron chi connectivity index (χ1n) is 4.90. The Morgan fingerprint density at radius 2 is 1.83 bits per heavy atom. The number of halogens is 3. The number of likely N-dealkylation sites (N-methyl/N-ethyl adjacent to an activating group) is 1. The van der Waals surface area contributed by atoms with Crippen LogP contribution in [0.5, 0.6) is 0 Å². The highest BCUT2D eigenvalue weighted by Crippen LogP contribution is 2.29. The predicted molar refractivity (Wildman–Crippen MR) is 58.7 cm³/mol. The Morgan fingerprint density at radius 1 is 1.28 bits per heavy atom. The molecule has 97 valence electrons. The number of anilines is 1. The second-order valence-corrected chi connectivity index (χ2v) is 3.42. The summed E-state index contributed by atoms with van der Waals surface area (Å²) in [5, 5.41) is 0. The molecule has 2 amide bonds. The van der Waals surface area contributed by atoms with Crippen LogP contribution < -0.4 is 4.90 Å². The molecule has 7 heteroatoms. The lowest BCUT2D eigenvalue weighted by Crippen LogP contribution is -2.49. The molecule has 0 bridgehead atoms. The van der Waals surface area contributed by atoms with Gasteiger partial charge in [-0.1, -0.05) is 18.2 Å². The van der Waals surface area contributed by atoms with Crippen LogP contribution in [0.2, 0.25) is 0 Å². The van der Waals surface area contributed by atoms with Crippen molar-refractivity contribution in [3.8, 4) is 0 Å². The summed E-state index contributed by atoms with van der Waals surface area (Å²) in [6.07, 6.45) is -3.50. The number of carbonyl (C=O) groups is 1. The molecule has 0 aliphatic carbocycles. The van der Waals surface area contributed by atoms with E-state index >= 15 is 0 Å². The molecule has 0 saturated heterocycles. The van der Waals surface area contributed by atoms with Gasteiger partial charge in [-0.15, -0.1) is 13.2 Å². The summed E-state index contributed by atoms with van der Waals surface area (Å²) in [6.45, 7) is -0.530. The Labute approximate surface area is 102 Å². The van der Waals surface area contributed by atoms with Crippen molar-refractivity contribution in [3.05, 3.63) is 30.3 Å². The largest absolute Gasteiger partial charge is 0.493 e. The molecular formula is C11H10F3N2O2. The number of carbonyl (C=O) groups excluding carboxylic acids is 2. The quantitative estimate of drug-likeness (QED) is 0.780. The van der Waals surface area contributed by atoms with E-state index in [0.29, 0.717) is 4.90 Å². The smallest absolute Gasteiger partial charge is 0.319 e. The fourth-order valence-electron chi connectivity index (χ4n) is 1.28. The SMILES string of the molecule is CN(C[C]=O)C(=O)N(c1ccccc1)C(F)(F)F. The summed E-state index contributed by atoms with van der Waals surface area (Å²) < 4.78 is 38.5. The third kappa shape index (κ3) is 3.22. The van der Waals surface area contributed by atoms with Gasteiger partial charge in [0.25, 0.3) is 0 Å². The number of para-hydroxylation sites is 1. The molecule has 0 spiro atoms. The minimum absolute atomic E-state index is 0.312. The standard InChI is InChI=1S/C11H10F3N2O2/c1-15(7-8-17)10(18)16(11(12,13)14)9-5-3-2-4-6-9/h2-6H,7H2,1H3. The van der Waals surface area contributed by atoms with Gasteiger partial charge in [0.15, 0.2) is 0 Å². The van der Waals surface area contributed by atoms with Crippen molar-refractivity contribution < 1.29 is 22.8 Å². The second kappa shape index (κ2) is 5.52. The predicted octanol–water partition coefficient (Wildman–Crippen LogP) is 2.17. The van der Waals surface area contributed by atoms with Crippen LogP contribution in [0.4, 0.5) is 23.7 Å². The molecule has 0 aliphatic heterocycles. The molecule has 0 aliphatic rings. The Hall–Kier alpha value is -2.05. The van der Waals surface area contributed by atoms with Crippen LogP contribution in [0, 0.1) is 0 Å². The summed E-state index contributed by atoms with van der Waals surface area (Å²) >= 11 is 0. The van der Waals surface area contributed by atoms with Gasteiger partial charge < -0.3 is 4.90 Å². The van der Waals surface area contributed by atoms with Crippen molar-refractivity contribution in [2.45, 2.75) is 6.30 Å². The zero-order valence-corrected chi connectivity index (χ0v) is 9.44. The first-order chi connectivity index (χ1) is 8.38. The number of nitrogens with zero attached hydrogens (tertiary/aromatic N) is 2. The lowest BCUT2D eigenvalue weighted by molar-refractivity contribution is -0.122. The van der Waals surface area contributed by atoms with Gasteiger partial charge in [-0.25, -0.2) is 9.69 Å². The average Bonchev–Trinajstić information content (AvgIpc) is 2.29. The normalized spacial score (nSPS) is 10.9. The lowest BCUT2D eigenvalue weighted by Gasteiger charge is -2.28. The third-order valence-electron chi connectivity index (χ3n) is 2.09. The molecule has 0 N–H and O–H groups in total. The maximum absolute atomic E-state index is 12.8. The summed E-state index contributed by atoms with van der Waals surface area (Å²) in [5.74, 6) is 0. The van der Waals surface area contributed by atoms with Crippen molar-refractivity contribution in [2.75, 3.05) is 18.5 Å². The highest BCUT2D eigenvalue weighted by Gasteiger charge is 2.43. The van der Waals surface area contributed by atoms with Crippen molar-refractivity contribution in [2.24, 2.45) is 0 Å².